The molecule has 0 aromatic heterocycles. The van der Waals surface area contributed by atoms with Gasteiger partial charge in [-0.1, -0.05) is 35.9 Å². The van der Waals surface area contributed by atoms with Gasteiger partial charge >= 0.3 is 0 Å². The van der Waals surface area contributed by atoms with Gasteiger partial charge in [0.1, 0.15) is 0 Å². The van der Waals surface area contributed by atoms with Gasteiger partial charge in [-0.25, -0.2) is 0 Å². The fourth-order valence-corrected chi connectivity index (χ4v) is 1.35. The van der Waals surface area contributed by atoms with Crippen LogP contribution in [0.3, 0.4) is 0 Å². The molecule has 1 aromatic carbocycles. The van der Waals surface area contributed by atoms with Gasteiger partial charge in [-0.15, -0.1) is 0 Å². The van der Waals surface area contributed by atoms with Crippen molar-refractivity contribution in [2.75, 3.05) is 13.2 Å². The molecule has 74 valence electrons. The van der Waals surface area contributed by atoms with Crippen molar-refractivity contribution >= 4 is 6.08 Å². The molecular formula is C12H14O2. The van der Waals surface area contributed by atoms with Crippen molar-refractivity contribution in [1.29, 1.82) is 0 Å². The van der Waals surface area contributed by atoms with E-state index in [1.165, 1.54) is 11.1 Å². The van der Waals surface area contributed by atoms with E-state index in [0.29, 0.717) is 13.2 Å². The van der Waals surface area contributed by atoms with Crippen molar-refractivity contribution in [1.82, 2.24) is 0 Å². The number of ether oxygens (including phenoxy) is 2. The first-order chi connectivity index (χ1) is 6.84. The molecule has 0 radical (unpaired) electrons. The first-order valence-corrected chi connectivity index (χ1v) is 4.83. The second-order valence-electron chi connectivity index (χ2n) is 3.38. The van der Waals surface area contributed by atoms with E-state index in [9.17, 15) is 0 Å². The summed E-state index contributed by atoms with van der Waals surface area (Å²) in [6, 6.07) is 8.35. The first-order valence-electron chi connectivity index (χ1n) is 4.83. The Morgan fingerprint density at radius 1 is 1.14 bits per heavy atom. The third kappa shape index (κ3) is 2.44. The lowest BCUT2D eigenvalue weighted by Crippen LogP contribution is -2.01. The Hall–Kier alpha value is -1.12. The van der Waals surface area contributed by atoms with Crippen LogP contribution < -0.4 is 0 Å². The van der Waals surface area contributed by atoms with Crippen molar-refractivity contribution in [3.63, 3.8) is 0 Å². The second-order valence-corrected chi connectivity index (χ2v) is 3.38. The molecule has 0 unspecified atom stereocenters. The van der Waals surface area contributed by atoms with Crippen LogP contribution in [0.4, 0.5) is 0 Å². The van der Waals surface area contributed by atoms with Crippen molar-refractivity contribution in [3.05, 3.63) is 41.5 Å². The highest BCUT2D eigenvalue weighted by atomic mass is 16.7. The van der Waals surface area contributed by atoms with E-state index in [-0.39, 0.29) is 6.29 Å². The van der Waals surface area contributed by atoms with E-state index in [0.717, 1.165) is 0 Å². The van der Waals surface area contributed by atoms with Gasteiger partial charge in [-0.05, 0) is 18.6 Å². The van der Waals surface area contributed by atoms with E-state index < -0.39 is 0 Å². The van der Waals surface area contributed by atoms with Gasteiger partial charge < -0.3 is 9.47 Å². The van der Waals surface area contributed by atoms with Gasteiger partial charge in [0.15, 0.2) is 6.29 Å². The molecule has 0 amide bonds. The van der Waals surface area contributed by atoms with Gasteiger partial charge in [0.05, 0.1) is 13.2 Å². The SMILES string of the molecule is Cc1ccc(/C=C/C2OCCO2)cc1. The zero-order chi connectivity index (χ0) is 9.80. The van der Waals surface area contributed by atoms with Crippen LogP contribution >= 0.6 is 0 Å². The molecule has 14 heavy (non-hydrogen) atoms. The summed E-state index contributed by atoms with van der Waals surface area (Å²) in [4.78, 5) is 0. The molecule has 1 aliphatic heterocycles. The Balaban J connectivity index is 1.99. The van der Waals surface area contributed by atoms with Gasteiger partial charge in [0.2, 0.25) is 0 Å². The van der Waals surface area contributed by atoms with E-state index >= 15 is 0 Å². The van der Waals surface area contributed by atoms with Crippen LogP contribution in [0.2, 0.25) is 0 Å². The Kier molecular flexibility index (Phi) is 2.96. The first kappa shape index (κ1) is 9.44. The van der Waals surface area contributed by atoms with E-state index in [4.69, 9.17) is 9.47 Å². The Labute approximate surface area is 84.2 Å². The summed E-state index contributed by atoms with van der Waals surface area (Å²) in [6.45, 7) is 3.47. The zero-order valence-corrected chi connectivity index (χ0v) is 8.27. The third-order valence-electron chi connectivity index (χ3n) is 2.17. The number of hydrogen-bond acceptors (Lipinski definition) is 2. The minimum atomic E-state index is -0.156. The molecule has 0 aliphatic carbocycles. The van der Waals surface area contributed by atoms with Crippen molar-refractivity contribution in [3.8, 4) is 0 Å². The topological polar surface area (TPSA) is 18.5 Å². The van der Waals surface area contributed by atoms with Crippen molar-refractivity contribution in [2.24, 2.45) is 0 Å². The molecule has 0 N–H and O–H groups in total. The predicted molar refractivity (Wildman–Crippen MR) is 55.9 cm³/mol. The van der Waals surface area contributed by atoms with E-state index in [1.807, 2.05) is 12.2 Å². The summed E-state index contributed by atoms with van der Waals surface area (Å²) in [7, 11) is 0. The quantitative estimate of drug-likeness (QED) is 0.712. The molecule has 1 saturated heterocycles. The van der Waals surface area contributed by atoms with Gasteiger partial charge in [0.25, 0.3) is 0 Å². The van der Waals surface area contributed by atoms with Crippen molar-refractivity contribution in [2.45, 2.75) is 13.2 Å². The van der Waals surface area contributed by atoms with Gasteiger partial charge in [0, 0.05) is 0 Å². The largest absolute Gasteiger partial charge is 0.347 e. The second kappa shape index (κ2) is 4.40. The molecule has 2 rings (SSSR count). The third-order valence-corrected chi connectivity index (χ3v) is 2.17. The molecular weight excluding hydrogens is 176 g/mol. The molecule has 1 heterocycles. The molecule has 2 nitrogen and oxygen atoms in total. The Morgan fingerprint density at radius 2 is 1.79 bits per heavy atom. The summed E-state index contributed by atoms with van der Waals surface area (Å²) < 4.78 is 10.6. The maximum atomic E-state index is 5.29. The molecule has 0 spiro atoms. The minimum Gasteiger partial charge on any atom is -0.347 e. The van der Waals surface area contributed by atoms with Crippen LogP contribution in [0.5, 0.6) is 0 Å². The fraction of sp³-hybridized carbons (Fsp3) is 0.333. The smallest absolute Gasteiger partial charge is 0.177 e. The average molecular weight is 190 g/mol. The number of hydrogen-bond donors (Lipinski definition) is 0. The molecule has 0 saturated carbocycles. The summed E-state index contributed by atoms with van der Waals surface area (Å²) in [5, 5.41) is 0. The Bertz CT molecular complexity index is 308. The van der Waals surface area contributed by atoms with E-state index in [1.54, 1.807) is 0 Å². The summed E-state index contributed by atoms with van der Waals surface area (Å²) in [5.74, 6) is 0. The average Bonchev–Trinajstić information content (AvgIpc) is 2.70. The summed E-state index contributed by atoms with van der Waals surface area (Å²) in [5.41, 5.74) is 2.45. The molecule has 2 heteroatoms. The highest BCUT2D eigenvalue weighted by Crippen LogP contribution is 2.09. The Morgan fingerprint density at radius 3 is 2.43 bits per heavy atom. The van der Waals surface area contributed by atoms with Crippen molar-refractivity contribution < 1.29 is 9.47 Å². The van der Waals surface area contributed by atoms with Crippen LogP contribution in [0.15, 0.2) is 30.3 Å². The number of benzene rings is 1. The van der Waals surface area contributed by atoms with Crippen LogP contribution in [0.25, 0.3) is 6.08 Å². The van der Waals surface area contributed by atoms with Crippen LogP contribution in [0, 0.1) is 6.92 Å². The molecule has 0 bridgehead atoms. The fourth-order valence-electron chi connectivity index (χ4n) is 1.35. The van der Waals surface area contributed by atoms with Gasteiger partial charge in [-0.3, -0.25) is 0 Å². The minimum absolute atomic E-state index is 0.156. The van der Waals surface area contributed by atoms with Crippen LogP contribution in [-0.4, -0.2) is 19.5 Å². The predicted octanol–water partition coefficient (Wildman–Crippen LogP) is 2.38. The molecule has 1 fully saturated rings. The highest BCUT2D eigenvalue weighted by molar-refractivity contribution is 5.49. The van der Waals surface area contributed by atoms with E-state index in [2.05, 4.69) is 31.2 Å². The molecule has 1 aromatic rings. The number of rotatable bonds is 2. The van der Waals surface area contributed by atoms with Crippen LogP contribution in [-0.2, 0) is 9.47 Å². The number of aryl methyl sites for hydroxylation is 1. The summed E-state index contributed by atoms with van der Waals surface area (Å²) in [6.07, 6.45) is 3.81. The lowest BCUT2D eigenvalue weighted by molar-refractivity contribution is -0.000907. The van der Waals surface area contributed by atoms with Crippen LogP contribution in [0.1, 0.15) is 11.1 Å². The molecule has 1 aliphatic rings. The summed E-state index contributed by atoms with van der Waals surface area (Å²) >= 11 is 0. The molecule has 0 atom stereocenters. The lowest BCUT2D eigenvalue weighted by Gasteiger charge is -2.01. The maximum absolute atomic E-state index is 5.29. The normalized spacial score (nSPS) is 18.1. The standard InChI is InChI=1S/C12H14O2/c1-10-2-4-11(5-3-10)6-7-12-13-8-9-14-12/h2-7,12H,8-9H2,1H3/b7-6+. The maximum Gasteiger partial charge on any atom is 0.177 e. The highest BCUT2D eigenvalue weighted by Gasteiger charge is 2.11. The monoisotopic (exact) mass is 190 g/mol. The van der Waals surface area contributed by atoms with Gasteiger partial charge in [-0.2, -0.15) is 0 Å². The zero-order valence-electron chi connectivity index (χ0n) is 8.27. The lowest BCUT2D eigenvalue weighted by atomic mass is 10.1.